The second kappa shape index (κ2) is 6.24. The monoisotopic (exact) mass is 345 g/mol. The van der Waals surface area contributed by atoms with Crippen LogP contribution in [0.2, 0.25) is 5.02 Å². The molecule has 0 unspecified atom stereocenters. The zero-order valence-corrected chi connectivity index (χ0v) is 12.7. The zero-order valence-electron chi connectivity index (χ0n) is 11.1. The van der Waals surface area contributed by atoms with E-state index in [1.165, 1.54) is 7.11 Å². The van der Waals surface area contributed by atoms with Gasteiger partial charge in [0.1, 0.15) is 10.7 Å². The van der Waals surface area contributed by atoms with Gasteiger partial charge in [-0.3, -0.25) is 4.72 Å². The maximum atomic E-state index is 13.0. The molecule has 0 amide bonds. The summed E-state index contributed by atoms with van der Waals surface area (Å²) in [5, 5.41) is -0.272. The number of methoxy groups -OCH3 is 1. The normalized spacial score (nSPS) is 11.0. The Morgan fingerprint density at radius 1 is 1.32 bits per heavy atom. The van der Waals surface area contributed by atoms with Crippen LogP contribution in [0.25, 0.3) is 0 Å². The summed E-state index contributed by atoms with van der Waals surface area (Å²) in [4.78, 5) is 18.3. The summed E-state index contributed by atoms with van der Waals surface area (Å²) in [5.74, 6) is -1.50. The fourth-order valence-corrected chi connectivity index (χ4v) is 3.00. The number of anilines is 1. The molecule has 0 atom stereocenters. The van der Waals surface area contributed by atoms with Gasteiger partial charge in [0.05, 0.1) is 24.5 Å². The average molecular weight is 346 g/mol. The Hall–Kier alpha value is -2.26. The van der Waals surface area contributed by atoms with Crippen LogP contribution in [0, 0.1) is 5.82 Å². The van der Waals surface area contributed by atoms with Gasteiger partial charge in [-0.05, 0) is 18.2 Å². The molecule has 1 N–H and O–H groups in total. The van der Waals surface area contributed by atoms with Gasteiger partial charge in [0.15, 0.2) is 11.5 Å². The van der Waals surface area contributed by atoms with Crippen LogP contribution < -0.4 is 4.72 Å². The lowest BCUT2D eigenvalue weighted by Crippen LogP contribution is -2.15. The van der Waals surface area contributed by atoms with Crippen molar-refractivity contribution in [3.05, 3.63) is 47.1 Å². The lowest BCUT2D eigenvalue weighted by molar-refractivity contribution is 0.0593. The van der Waals surface area contributed by atoms with Crippen LogP contribution >= 0.6 is 11.6 Å². The maximum absolute atomic E-state index is 13.0. The third kappa shape index (κ3) is 3.49. The third-order valence-electron chi connectivity index (χ3n) is 2.47. The molecule has 1 heterocycles. The lowest BCUT2D eigenvalue weighted by Gasteiger charge is -2.08. The Labute approximate surface area is 130 Å². The number of rotatable bonds is 4. The highest BCUT2D eigenvalue weighted by molar-refractivity contribution is 7.92. The first-order valence-corrected chi connectivity index (χ1v) is 7.58. The van der Waals surface area contributed by atoms with E-state index in [1.807, 2.05) is 0 Å². The van der Waals surface area contributed by atoms with Crippen molar-refractivity contribution in [2.24, 2.45) is 0 Å². The summed E-state index contributed by atoms with van der Waals surface area (Å²) >= 11 is 5.71. The molecule has 0 bridgehead atoms. The van der Waals surface area contributed by atoms with Gasteiger partial charge in [-0.15, -0.1) is 0 Å². The Morgan fingerprint density at radius 2 is 2.05 bits per heavy atom. The van der Waals surface area contributed by atoms with Crippen LogP contribution in [-0.2, 0) is 14.8 Å². The van der Waals surface area contributed by atoms with Crippen LogP contribution in [0.3, 0.4) is 0 Å². The second-order valence-corrected chi connectivity index (χ2v) is 6.02. The minimum absolute atomic E-state index is 0.0785. The SMILES string of the molecule is COC(=O)c1cnc(NS(=O)(=O)c2ccc(F)cc2Cl)cn1. The third-order valence-corrected chi connectivity index (χ3v) is 4.31. The van der Waals surface area contributed by atoms with E-state index in [-0.39, 0.29) is 21.4 Å². The van der Waals surface area contributed by atoms with Gasteiger partial charge >= 0.3 is 5.97 Å². The molecule has 0 aliphatic rings. The molecular weight excluding hydrogens is 337 g/mol. The van der Waals surface area contributed by atoms with Crippen LogP contribution in [0.1, 0.15) is 10.5 Å². The largest absolute Gasteiger partial charge is 0.464 e. The number of aromatic nitrogens is 2. The van der Waals surface area contributed by atoms with Crippen molar-refractivity contribution in [3.63, 3.8) is 0 Å². The topological polar surface area (TPSA) is 98.2 Å². The zero-order chi connectivity index (χ0) is 16.3. The first-order chi connectivity index (χ1) is 10.3. The van der Waals surface area contributed by atoms with Gasteiger partial charge in [-0.25, -0.2) is 27.6 Å². The number of esters is 1. The van der Waals surface area contributed by atoms with Crippen molar-refractivity contribution < 1.29 is 22.3 Å². The van der Waals surface area contributed by atoms with Crippen molar-refractivity contribution in [1.29, 1.82) is 0 Å². The highest BCUT2D eigenvalue weighted by atomic mass is 35.5. The molecule has 0 radical (unpaired) electrons. The highest BCUT2D eigenvalue weighted by Gasteiger charge is 2.19. The molecule has 0 aliphatic carbocycles. The predicted octanol–water partition coefficient (Wildman–Crippen LogP) is 1.86. The van der Waals surface area contributed by atoms with Crippen molar-refractivity contribution in [1.82, 2.24) is 9.97 Å². The number of carbonyl (C=O) groups excluding carboxylic acids is 1. The van der Waals surface area contributed by atoms with Crippen molar-refractivity contribution in [2.75, 3.05) is 11.8 Å². The number of halogens is 2. The minimum Gasteiger partial charge on any atom is -0.464 e. The van der Waals surface area contributed by atoms with Gasteiger partial charge in [0.25, 0.3) is 10.0 Å². The quantitative estimate of drug-likeness (QED) is 0.849. The van der Waals surface area contributed by atoms with Crippen molar-refractivity contribution in [2.45, 2.75) is 4.90 Å². The maximum Gasteiger partial charge on any atom is 0.358 e. The molecule has 0 saturated heterocycles. The fourth-order valence-electron chi connectivity index (χ4n) is 1.48. The number of hydrogen-bond donors (Lipinski definition) is 1. The molecule has 1 aromatic heterocycles. The summed E-state index contributed by atoms with van der Waals surface area (Å²) in [5.41, 5.74) is -0.0785. The number of benzene rings is 1. The van der Waals surface area contributed by atoms with Crippen LogP contribution in [0.5, 0.6) is 0 Å². The van der Waals surface area contributed by atoms with Gasteiger partial charge in [-0.2, -0.15) is 0 Å². The van der Waals surface area contributed by atoms with E-state index < -0.39 is 21.8 Å². The van der Waals surface area contributed by atoms with E-state index in [0.717, 1.165) is 30.6 Å². The summed E-state index contributed by atoms with van der Waals surface area (Å²) < 4.78 is 43.8. The van der Waals surface area contributed by atoms with E-state index in [1.54, 1.807) is 0 Å². The van der Waals surface area contributed by atoms with Gasteiger partial charge in [0.2, 0.25) is 0 Å². The first kappa shape index (κ1) is 16.1. The Bertz CT molecular complexity index is 812. The molecule has 0 saturated carbocycles. The molecule has 0 fully saturated rings. The molecule has 0 spiro atoms. The second-order valence-electron chi connectivity index (χ2n) is 3.96. The summed E-state index contributed by atoms with van der Waals surface area (Å²) in [7, 11) is -2.89. The number of sulfonamides is 1. The number of nitrogens with zero attached hydrogens (tertiary/aromatic N) is 2. The molecule has 116 valence electrons. The minimum atomic E-state index is -4.07. The molecule has 22 heavy (non-hydrogen) atoms. The Morgan fingerprint density at radius 3 is 2.59 bits per heavy atom. The summed E-state index contributed by atoms with van der Waals surface area (Å²) in [6.45, 7) is 0. The summed E-state index contributed by atoms with van der Waals surface area (Å²) in [6.07, 6.45) is 2.09. The molecule has 1 aromatic carbocycles. The van der Waals surface area contributed by atoms with E-state index in [2.05, 4.69) is 19.4 Å². The summed E-state index contributed by atoms with van der Waals surface area (Å²) in [6, 6.07) is 2.87. The number of ether oxygens (including phenoxy) is 1. The molecule has 0 aliphatic heterocycles. The van der Waals surface area contributed by atoms with Crippen LogP contribution in [0.4, 0.5) is 10.2 Å². The van der Waals surface area contributed by atoms with Gasteiger partial charge in [0, 0.05) is 0 Å². The Balaban J connectivity index is 2.27. The average Bonchev–Trinajstić information content (AvgIpc) is 2.46. The lowest BCUT2D eigenvalue weighted by atomic mass is 10.3. The molecule has 2 rings (SSSR count). The van der Waals surface area contributed by atoms with E-state index >= 15 is 0 Å². The van der Waals surface area contributed by atoms with E-state index in [0.29, 0.717) is 0 Å². The fraction of sp³-hybridized carbons (Fsp3) is 0.0833. The Kier molecular flexibility index (Phi) is 4.57. The van der Waals surface area contributed by atoms with E-state index in [9.17, 15) is 17.6 Å². The molecular formula is C12H9ClFN3O4S. The predicted molar refractivity (Wildman–Crippen MR) is 75.6 cm³/mol. The molecule has 2 aromatic rings. The van der Waals surface area contributed by atoms with Crippen LogP contribution in [0.15, 0.2) is 35.5 Å². The smallest absolute Gasteiger partial charge is 0.358 e. The molecule has 7 nitrogen and oxygen atoms in total. The van der Waals surface area contributed by atoms with Crippen molar-refractivity contribution >= 4 is 33.4 Å². The van der Waals surface area contributed by atoms with Gasteiger partial charge < -0.3 is 4.74 Å². The van der Waals surface area contributed by atoms with E-state index in [4.69, 9.17) is 11.6 Å². The number of hydrogen-bond acceptors (Lipinski definition) is 6. The number of nitrogens with one attached hydrogen (secondary N) is 1. The van der Waals surface area contributed by atoms with Crippen LogP contribution in [-0.4, -0.2) is 31.5 Å². The van der Waals surface area contributed by atoms with Gasteiger partial charge in [-0.1, -0.05) is 11.6 Å². The standard InChI is InChI=1S/C12H9ClFN3O4S/c1-21-12(18)9-5-16-11(6-15-9)17-22(19,20)10-3-2-7(14)4-8(10)13/h2-6H,1H3,(H,16,17). The molecule has 10 heteroatoms. The first-order valence-electron chi connectivity index (χ1n) is 5.72. The highest BCUT2D eigenvalue weighted by Crippen LogP contribution is 2.23. The van der Waals surface area contributed by atoms with Crippen molar-refractivity contribution in [3.8, 4) is 0 Å². The number of carbonyl (C=O) groups is 1.